The number of carbonyl (C=O) groups is 1. The van der Waals surface area contributed by atoms with Crippen molar-refractivity contribution in [2.24, 2.45) is 0 Å². The molecule has 1 aliphatic rings. The summed E-state index contributed by atoms with van der Waals surface area (Å²) >= 11 is 5.84. The van der Waals surface area contributed by atoms with Crippen LogP contribution in [-0.2, 0) is 10.0 Å². The van der Waals surface area contributed by atoms with Gasteiger partial charge in [0, 0.05) is 37.4 Å². The van der Waals surface area contributed by atoms with E-state index in [-0.39, 0.29) is 30.1 Å². The van der Waals surface area contributed by atoms with Crippen molar-refractivity contribution in [1.82, 2.24) is 29.1 Å². The SMILES string of the molecule is C[C@@H](NC(=O)N1CCN(S(=O)(=O)c2ccc(Cl)cc2)CC1)c1nnc2ccccn12. The van der Waals surface area contributed by atoms with Gasteiger partial charge < -0.3 is 10.2 Å². The maximum absolute atomic E-state index is 12.8. The van der Waals surface area contributed by atoms with Crippen LogP contribution < -0.4 is 5.32 Å². The standard InChI is InChI=1S/C19H21ClN6O3S/c1-14(18-23-22-17-4-2-3-9-26(17)18)21-19(27)24-10-12-25(13-11-24)30(28,29)16-7-5-15(20)6-8-16/h2-9,14H,10-13H2,1H3,(H,21,27)/t14-/m1/s1. The van der Waals surface area contributed by atoms with Crippen molar-refractivity contribution < 1.29 is 13.2 Å². The number of fused-ring (bicyclic) bond motifs is 1. The molecule has 158 valence electrons. The van der Waals surface area contributed by atoms with Crippen LogP contribution in [0.4, 0.5) is 4.79 Å². The highest BCUT2D eigenvalue weighted by Gasteiger charge is 2.30. The summed E-state index contributed by atoms with van der Waals surface area (Å²) in [4.78, 5) is 14.5. The lowest BCUT2D eigenvalue weighted by Gasteiger charge is -2.34. The van der Waals surface area contributed by atoms with Gasteiger partial charge in [0.05, 0.1) is 10.9 Å². The molecule has 0 spiro atoms. The number of carbonyl (C=O) groups excluding carboxylic acids is 1. The molecule has 1 aromatic carbocycles. The predicted molar refractivity (Wildman–Crippen MR) is 112 cm³/mol. The molecule has 0 saturated carbocycles. The summed E-state index contributed by atoms with van der Waals surface area (Å²) in [7, 11) is -3.62. The molecule has 0 bridgehead atoms. The zero-order chi connectivity index (χ0) is 21.3. The molecule has 30 heavy (non-hydrogen) atoms. The number of aromatic nitrogens is 3. The summed E-state index contributed by atoms with van der Waals surface area (Å²) in [6.07, 6.45) is 1.84. The molecular weight excluding hydrogens is 428 g/mol. The predicted octanol–water partition coefficient (Wildman–Crippen LogP) is 2.16. The van der Waals surface area contributed by atoms with Crippen LogP contribution in [0.2, 0.25) is 5.02 Å². The van der Waals surface area contributed by atoms with E-state index in [1.165, 1.54) is 16.4 Å². The molecule has 1 N–H and O–H groups in total. The number of hydrogen-bond acceptors (Lipinski definition) is 5. The molecule has 1 saturated heterocycles. The Kier molecular flexibility index (Phi) is 5.63. The topological polar surface area (TPSA) is 99.9 Å². The number of halogens is 1. The van der Waals surface area contributed by atoms with E-state index in [4.69, 9.17) is 11.6 Å². The smallest absolute Gasteiger partial charge is 0.318 e. The van der Waals surface area contributed by atoms with E-state index >= 15 is 0 Å². The molecule has 2 aromatic heterocycles. The van der Waals surface area contributed by atoms with Crippen LogP contribution in [0.3, 0.4) is 0 Å². The number of nitrogens with one attached hydrogen (secondary N) is 1. The van der Waals surface area contributed by atoms with Gasteiger partial charge in [-0.05, 0) is 43.3 Å². The Hall–Kier alpha value is -2.69. The van der Waals surface area contributed by atoms with Crippen molar-refractivity contribution in [2.45, 2.75) is 17.9 Å². The Morgan fingerprint density at radius 2 is 1.77 bits per heavy atom. The Bertz CT molecular complexity index is 1160. The van der Waals surface area contributed by atoms with Crippen LogP contribution >= 0.6 is 11.6 Å². The monoisotopic (exact) mass is 448 g/mol. The van der Waals surface area contributed by atoms with Gasteiger partial charge in [-0.3, -0.25) is 4.40 Å². The van der Waals surface area contributed by atoms with E-state index in [0.717, 1.165) is 0 Å². The molecule has 11 heteroatoms. The number of sulfonamides is 1. The molecule has 3 aromatic rings. The molecule has 1 atom stereocenters. The molecule has 1 aliphatic heterocycles. The number of hydrogen-bond donors (Lipinski definition) is 1. The second-order valence-electron chi connectivity index (χ2n) is 7.00. The quantitative estimate of drug-likeness (QED) is 0.659. The summed E-state index contributed by atoms with van der Waals surface area (Å²) in [5.74, 6) is 0.628. The zero-order valence-corrected chi connectivity index (χ0v) is 17.8. The number of urea groups is 1. The first-order chi connectivity index (χ1) is 14.4. The molecule has 0 radical (unpaired) electrons. The van der Waals surface area contributed by atoms with Crippen molar-refractivity contribution in [1.29, 1.82) is 0 Å². The molecule has 0 unspecified atom stereocenters. The Morgan fingerprint density at radius 3 is 2.47 bits per heavy atom. The first kappa shape index (κ1) is 20.6. The Labute approximate surface area is 179 Å². The van der Waals surface area contributed by atoms with Gasteiger partial charge in [-0.1, -0.05) is 17.7 Å². The van der Waals surface area contributed by atoms with Crippen molar-refractivity contribution >= 4 is 33.3 Å². The largest absolute Gasteiger partial charge is 0.328 e. The lowest BCUT2D eigenvalue weighted by atomic mass is 10.3. The van der Waals surface area contributed by atoms with Crippen molar-refractivity contribution in [3.05, 3.63) is 59.5 Å². The zero-order valence-electron chi connectivity index (χ0n) is 16.3. The highest BCUT2D eigenvalue weighted by atomic mass is 35.5. The normalized spacial score (nSPS) is 16.5. The molecule has 2 amide bonds. The van der Waals surface area contributed by atoms with Crippen LogP contribution in [0, 0.1) is 0 Å². The van der Waals surface area contributed by atoms with Gasteiger partial charge in [-0.15, -0.1) is 10.2 Å². The van der Waals surface area contributed by atoms with E-state index in [0.29, 0.717) is 29.6 Å². The highest BCUT2D eigenvalue weighted by Crippen LogP contribution is 2.20. The Balaban J connectivity index is 1.38. The summed E-state index contributed by atoms with van der Waals surface area (Å²) in [6, 6.07) is 11.0. The van der Waals surface area contributed by atoms with Crippen molar-refractivity contribution in [3.8, 4) is 0 Å². The average Bonchev–Trinajstić information content (AvgIpc) is 3.18. The second-order valence-corrected chi connectivity index (χ2v) is 9.38. The number of nitrogens with zero attached hydrogens (tertiary/aromatic N) is 5. The van der Waals surface area contributed by atoms with Crippen molar-refractivity contribution in [2.75, 3.05) is 26.2 Å². The molecule has 0 aliphatic carbocycles. The van der Waals surface area contributed by atoms with Crippen LogP contribution in [0.15, 0.2) is 53.6 Å². The van der Waals surface area contributed by atoms with Gasteiger partial charge in [-0.2, -0.15) is 4.31 Å². The van der Waals surface area contributed by atoms with Crippen LogP contribution in [0.25, 0.3) is 5.65 Å². The van der Waals surface area contributed by atoms with Gasteiger partial charge in [0.1, 0.15) is 0 Å². The number of piperazine rings is 1. The van der Waals surface area contributed by atoms with E-state index in [9.17, 15) is 13.2 Å². The minimum absolute atomic E-state index is 0.192. The van der Waals surface area contributed by atoms with Gasteiger partial charge in [0.25, 0.3) is 0 Å². The van der Waals surface area contributed by atoms with Gasteiger partial charge in [0.15, 0.2) is 11.5 Å². The fourth-order valence-electron chi connectivity index (χ4n) is 3.38. The summed E-state index contributed by atoms with van der Waals surface area (Å²) < 4.78 is 28.8. The second kappa shape index (κ2) is 8.21. The van der Waals surface area contributed by atoms with Gasteiger partial charge in [0.2, 0.25) is 10.0 Å². The lowest BCUT2D eigenvalue weighted by Crippen LogP contribution is -2.53. The Morgan fingerprint density at radius 1 is 1.07 bits per heavy atom. The van der Waals surface area contributed by atoms with E-state index in [1.807, 2.05) is 35.7 Å². The number of rotatable bonds is 4. The lowest BCUT2D eigenvalue weighted by molar-refractivity contribution is 0.169. The maximum atomic E-state index is 12.8. The minimum atomic E-state index is -3.62. The summed E-state index contributed by atoms with van der Waals surface area (Å²) in [6.45, 7) is 2.88. The molecule has 3 heterocycles. The first-order valence-corrected chi connectivity index (χ1v) is 11.3. The van der Waals surface area contributed by atoms with Crippen LogP contribution in [-0.4, -0.2) is 64.4 Å². The van der Waals surface area contributed by atoms with Crippen molar-refractivity contribution in [3.63, 3.8) is 0 Å². The summed E-state index contributed by atoms with van der Waals surface area (Å²) in [5.41, 5.74) is 0.703. The van der Waals surface area contributed by atoms with E-state index in [2.05, 4.69) is 15.5 Å². The van der Waals surface area contributed by atoms with Gasteiger partial charge in [-0.25, -0.2) is 13.2 Å². The number of pyridine rings is 1. The van der Waals surface area contributed by atoms with E-state index < -0.39 is 10.0 Å². The highest BCUT2D eigenvalue weighted by molar-refractivity contribution is 7.89. The maximum Gasteiger partial charge on any atom is 0.318 e. The minimum Gasteiger partial charge on any atom is -0.328 e. The van der Waals surface area contributed by atoms with Crippen LogP contribution in [0.5, 0.6) is 0 Å². The fourth-order valence-corrected chi connectivity index (χ4v) is 4.93. The molecule has 4 rings (SSSR count). The average molecular weight is 449 g/mol. The molecule has 1 fully saturated rings. The number of benzene rings is 1. The fraction of sp³-hybridized carbons (Fsp3) is 0.316. The van der Waals surface area contributed by atoms with Crippen LogP contribution in [0.1, 0.15) is 18.8 Å². The summed E-state index contributed by atoms with van der Waals surface area (Å²) in [5, 5.41) is 11.7. The third-order valence-electron chi connectivity index (χ3n) is 5.04. The third-order valence-corrected chi connectivity index (χ3v) is 7.21. The van der Waals surface area contributed by atoms with Gasteiger partial charge >= 0.3 is 6.03 Å². The molecular formula is C19H21ClN6O3S. The molecule has 9 nitrogen and oxygen atoms in total. The third kappa shape index (κ3) is 3.98. The number of amides is 2. The van der Waals surface area contributed by atoms with E-state index in [1.54, 1.807) is 17.0 Å². The first-order valence-electron chi connectivity index (χ1n) is 9.47.